The van der Waals surface area contributed by atoms with E-state index in [0.717, 1.165) is 10.0 Å². The molecule has 2 aromatic carbocycles. The lowest BCUT2D eigenvalue weighted by Gasteiger charge is -2.30. The van der Waals surface area contributed by atoms with Gasteiger partial charge < -0.3 is 10.1 Å². The van der Waals surface area contributed by atoms with Crippen molar-refractivity contribution in [2.24, 2.45) is 5.92 Å². The van der Waals surface area contributed by atoms with Gasteiger partial charge in [-0.25, -0.2) is 12.7 Å². The summed E-state index contributed by atoms with van der Waals surface area (Å²) >= 11 is 9.39. The zero-order chi connectivity index (χ0) is 21.6. The SMILES string of the molecule is O=C(NCCOc1ccccc1Cl)C1CCN(S(=O)(=O)Cc2cccc(Br)c2)CC1. The Labute approximate surface area is 190 Å². The minimum absolute atomic E-state index is 0.0390. The molecule has 30 heavy (non-hydrogen) atoms. The van der Waals surface area contributed by atoms with E-state index in [1.807, 2.05) is 30.3 Å². The lowest BCUT2D eigenvalue weighted by atomic mass is 9.97. The molecule has 1 saturated heterocycles. The van der Waals surface area contributed by atoms with Crippen molar-refractivity contribution < 1.29 is 17.9 Å². The highest BCUT2D eigenvalue weighted by Gasteiger charge is 2.31. The Morgan fingerprint density at radius 1 is 1.17 bits per heavy atom. The second kappa shape index (κ2) is 10.6. The maximum Gasteiger partial charge on any atom is 0.223 e. The Hall–Kier alpha value is -1.61. The zero-order valence-corrected chi connectivity index (χ0v) is 19.5. The van der Waals surface area contributed by atoms with Crippen molar-refractivity contribution in [1.29, 1.82) is 0 Å². The van der Waals surface area contributed by atoms with Crippen LogP contribution in [0.1, 0.15) is 18.4 Å². The lowest BCUT2D eigenvalue weighted by molar-refractivity contribution is -0.126. The number of nitrogens with zero attached hydrogens (tertiary/aromatic N) is 1. The summed E-state index contributed by atoms with van der Waals surface area (Å²) in [7, 11) is -3.41. The first kappa shape index (κ1) is 23.1. The van der Waals surface area contributed by atoms with Gasteiger partial charge in [-0.2, -0.15) is 0 Å². The third-order valence-electron chi connectivity index (χ3n) is 4.95. The van der Waals surface area contributed by atoms with Crippen LogP contribution in [0.15, 0.2) is 53.0 Å². The average Bonchev–Trinajstić information content (AvgIpc) is 2.72. The molecule has 1 amide bonds. The van der Waals surface area contributed by atoms with Crippen molar-refractivity contribution >= 4 is 43.5 Å². The quantitative estimate of drug-likeness (QED) is 0.542. The normalized spacial score (nSPS) is 15.7. The maximum atomic E-state index is 12.7. The number of para-hydroxylation sites is 1. The number of amides is 1. The number of carbonyl (C=O) groups is 1. The standard InChI is InChI=1S/C21H24BrClN2O4S/c22-18-5-3-4-16(14-18)15-30(27,28)25-11-8-17(9-12-25)21(26)24-10-13-29-20-7-2-1-6-19(20)23/h1-7,14,17H,8-13,15H2,(H,24,26). The molecule has 0 radical (unpaired) electrons. The van der Waals surface area contributed by atoms with Crippen molar-refractivity contribution in [1.82, 2.24) is 9.62 Å². The van der Waals surface area contributed by atoms with E-state index >= 15 is 0 Å². The van der Waals surface area contributed by atoms with Crippen LogP contribution in [0.3, 0.4) is 0 Å². The minimum atomic E-state index is -3.41. The van der Waals surface area contributed by atoms with Crippen molar-refractivity contribution in [3.8, 4) is 5.75 Å². The summed E-state index contributed by atoms with van der Waals surface area (Å²) in [6, 6.07) is 14.5. The second-order valence-corrected chi connectivity index (χ2v) is 10.4. The molecule has 0 aromatic heterocycles. The van der Waals surface area contributed by atoms with E-state index in [2.05, 4.69) is 21.2 Å². The Bertz CT molecular complexity index is 978. The Morgan fingerprint density at radius 3 is 2.60 bits per heavy atom. The van der Waals surface area contributed by atoms with Gasteiger partial charge in [0.25, 0.3) is 0 Å². The molecule has 1 N–H and O–H groups in total. The van der Waals surface area contributed by atoms with Crippen molar-refractivity contribution in [2.45, 2.75) is 18.6 Å². The van der Waals surface area contributed by atoms with E-state index in [9.17, 15) is 13.2 Å². The van der Waals surface area contributed by atoms with Gasteiger partial charge in [-0.3, -0.25) is 4.79 Å². The number of rotatable bonds is 8. The first-order valence-corrected chi connectivity index (χ1v) is 12.5. The summed E-state index contributed by atoms with van der Waals surface area (Å²) < 4.78 is 33.3. The predicted molar refractivity (Wildman–Crippen MR) is 121 cm³/mol. The Morgan fingerprint density at radius 2 is 1.90 bits per heavy atom. The van der Waals surface area contributed by atoms with Crippen LogP contribution in [0.4, 0.5) is 0 Å². The summed E-state index contributed by atoms with van der Waals surface area (Å²) in [4.78, 5) is 12.4. The maximum absolute atomic E-state index is 12.7. The monoisotopic (exact) mass is 514 g/mol. The molecule has 9 heteroatoms. The van der Waals surface area contributed by atoms with Crippen LogP contribution in [-0.4, -0.2) is 44.9 Å². The van der Waals surface area contributed by atoms with Crippen LogP contribution in [0.25, 0.3) is 0 Å². The molecular formula is C21H24BrClN2O4S. The Balaban J connectivity index is 1.42. The number of hydrogen-bond donors (Lipinski definition) is 1. The van der Waals surface area contributed by atoms with E-state index < -0.39 is 10.0 Å². The molecule has 1 fully saturated rings. The highest BCUT2D eigenvalue weighted by atomic mass is 79.9. The van der Waals surface area contributed by atoms with Crippen molar-refractivity contribution in [2.75, 3.05) is 26.2 Å². The molecule has 0 unspecified atom stereocenters. The van der Waals surface area contributed by atoms with Crippen molar-refractivity contribution in [3.63, 3.8) is 0 Å². The fourth-order valence-corrected chi connectivity index (χ4v) is 5.55. The summed E-state index contributed by atoms with van der Waals surface area (Å²) in [6.45, 7) is 1.38. The number of ether oxygens (including phenoxy) is 1. The molecule has 3 rings (SSSR count). The number of halogens is 2. The highest BCUT2D eigenvalue weighted by molar-refractivity contribution is 9.10. The van der Waals surface area contributed by atoms with E-state index in [0.29, 0.717) is 49.9 Å². The van der Waals surface area contributed by atoms with Crippen LogP contribution in [0.5, 0.6) is 5.75 Å². The van der Waals surface area contributed by atoms with Gasteiger partial charge in [0, 0.05) is 23.5 Å². The van der Waals surface area contributed by atoms with Gasteiger partial charge in [0.15, 0.2) is 0 Å². The fourth-order valence-electron chi connectivity index (χ4n) is 3.37. The van der Waals surface area contributed by atoms with Crippen LogP contribution in [0.2, 0.25) is 5.02 Å². The second-order valence-electron chi connectivity index (χ2n) is 7.13. The molecule has 1 heterocycles. The van der Waals surface area contributed by atoms with Crippen LogP contribution < -0.4 is 10.1 Å². The average molecular weight is 516 g/mol. The van der Waals surface area contributed by atoms with Gasteiger partial charge in [-0.15, -0.1) is 0 Å². The number of benzene rings is 2. The highest BCUT2D eigenvalue weighted by Crippen LogP contribution is 2.24. The van der Waals surface area contributed by atoms with E-state index in [1.54, 1.807) is 18.2 Å². The fraction of sp³-hybridized carbons (Fsp3) is 0.381. The summed E-state index contributed by atoms with van der Waals surface area (Å²) in [6.07, 6.45) is 1.02. The summed E-state index contributed by atoms with van der Waals surface area (Å²) in [5.74, 6) is 0.282. The molecule has 0 atom stereocenters. The molecule has 0 bridgehead atoms. The smallest absolute Gasteiger partial charge is 0.223 e. The van der Waals surface area contributed by atoms with Crippen LogP contribution in [-0.2, 0) is 20.6 Å². The topological polar surface area (TPSA) is 75.7 Å². The number of piperidine rings is 1. The van der Waals surface area contributed by atoms with E-state index in [4.69, 9.17) is 16.3 Å². The van der Waals surface area contributed by atoms with Gasteiger partial charge in [0.05, 0.1) is 17.3 Å². The van der Waals surface area contributed by atoms with Crippen molar-refractivity contribution in [3.05, 3.63) is 63.6 Å². The van der Waals surface area contributed by atoms with Crippen LogP contribution in [0, 0.1) is 5.92 Å². The zero-order valence-electron chi connectivity index (χ0n) is 16.4. The molecule has 0 aliphatic carbocycles. The molecule has 0 saturated carbocycles. The summed E-state index contributed by atoms with van der Waals surface area (Å²) in [5.41, 5.74) is 0.739. The third kappa shape index (κ3) is 6.44. The van der Waals surface area contributed by atoms with Gasteiger partial charge in [0.1, 0.15) is 12.4 Å². The number of carbonyl (C=O) groups excluding carboxylic acids is 1. The molecule has 0 spiro atoms. The molecule has 6 nitrogen and oxygen atoms in total. The van der Waals surface area contributed by atoms with Gasteiger partial charge in [-0.05, 0) is 42.7 Å². The third-order valence-corrected chi connectivity index (χ3v) is 7.61. The number of nitrogens with one attached hydrogen (secondary N) is 1. The van der Waals surface area contributed by atoms with Gasteiger partial charge >= 0.3 is 0 Å². The summed E-state index contributed by atoms with van der Waals surface area (Å²) in [5, 5.41) is 3.39. The molecule has 162 valence electrons. The molecule has 1 aliphatic heterocycles. The first-order chi connectivity index (χ1) is 14.3. The Kier molecular flexibility index (Phi) is 8.16. The lowest BCUT2D eigenvalue weighted by Crippen LogP contribution is -2.43. The predicted octanol–water partition coefficient (Wildman–Crippen LogP) is 3.84. The molecule has 1 aliphatic rings. The minimum Gasteiger partial charge on any atom is -0.490 e. The van der Waals surface area contributed by atoms with Crippen LogP contribution >= 0.6 is 27.5 Å². The number of sulfonamides is 1. The molecular weight excluding hydrogens is 492 g/mol. The van der Waals surface area contributed by atoms with E-state index in [1.165, 1.54) is 4.31 Å². The molecule has 2 aromatic rings. The first-order valence-electron chi connectivity index (χ1n) is 9.72. The number of hydrogen-bond acceptors (Lipinski definition) is 4. The van der Waals surface area contributed by atoms with E-state index in [-0.39, 0.29) is 17.6 Å². The van der Waals surface area contributed by atoms with Gasteiger partial charge in [-0.1, -0.05) is 51.8 Å². The largest absolute Gasteiger partial charge is 0.490 e. The van der Waals surface area contributed by atoms with Gasteiger partial charge in [0.2, 0.25) is 15.9 Å².